The highest BCUT2D eigenvalue weighted by Gasteiger charge is 1.99. The van der Waals surface area contributed by atoms with Crippen LogP contribution in [-0.4, -0.2) is 20.3 Å². The van der Waals surface area contributed by atoms with E-state index in [2.05, 4.69) is 15.9 Å². The first-order valence-electron chi connectivity index (χ1n) is 3.63. The second kappa shape index (κ2) is 5.70. The molecule has 0 aromatic carbocycles. The first kappa shape index (κ1) is 10.2. The fourth-order valence-corrected chi connectivity index (χ4v) is 2.14. The molecule has 1 aromatic rings. The van der Waals surface area contributed by atoms with Gasteiger partial charge in [-0.2, -0.15) is 0 Å². The summed E-state index contributed by atoms with van der Waals surface area (Å²) in [5.74, 6) is 0. The van der Waals surface area contributed by atoms with Crippen LogP contribution in [0.15, 0.2) is 15.9 Å². The van der Waals surface area contributed by atoms with E-state index >= 15 is 0 Å². The van der Waals surface area contributed by atoms with Crippen LogP contribution in [0.25, 0.3) is 0 Å². The molecule has 1 aromatic heterocycles. The van der Waals surface area contributed by atoms with E-state index in [1.165, 1.54) is 4.88 Å². The molecule has 0 N–H and O–H groups in total. The van der Waals surface area contributed by atoms with Crippen LogP contribution in [0.3, 0.4) is 0 Å². The molecule has 1 rings (SSSR count). The molecule has 68 valence electrons. The molecule has 0 amide bonds. The van der Waals surface area contributed by atoms with Crippen molar-refractivity contribution in [1.82, 2.24) is 0 Å². The Morgan fingerprint density at radius 1 is 1.50 bits per heavy atom. The largest absolute Gasteiger partial charge is 0.382 e. The fourth-order valence-electron chi connectivity index (χ4n) is 0.735. The molecule has 1 heterocycles. The van der Waals surface area contributed by atoms with E-state index in [0.29, 0.717) is 19.8 Å². The van der Waals surface area contributed by atoms with Crippen molar-refractivity contribution in [1.29, 1.82) is 0 Å². The number of thiophene rings is 1. The van der Waals surface area contributed by atoms with Gasteiger partial charge >= 0.3 is 0 Å². The maximum absolute atomic E-state index is 5.35. The van der Waals surface area contributed by atoms with Crippen LogP contribution in [0.2, 0.25) is 0 Å². The Morgan fingerprint density at radius 3 is 2.92 bits per heavy atom. The van der Waals surface area contributed by atoms with Crippen LogP contribution < -0.4 is 0 Å². The molecule has 12 heavy (non-hydrogen) atoms. The predicted octanol–water partition coefficient (Wildman–Crippen LogP) is 2.67. The summed E-state index contributed by atoms with van der Waals surface area (Å²) in [6, 6.07) is 2.03. The summed E-state index contributed by atoms with van der Waals surface area (Å²) < 4.78 is 11.3. The normalized spacial score (nSPS) is 10.5. The maximum atomic E-state index is 5.35. The molecule has 0 saturated carbocycles. The lowest BCUT2D eigenvalue weighted by molar-refractivity contribution is 0.0626. The molecule has 0 bridgehead atoms. The first-order chi connectivity index (χ1) is 5.84. The molecule has 0 atom stereocenters. The number of hydrogen-bond acceptors (Lipinski definition) is 3. The van der Waals surface area contributed by atoms with Gasteiger partial charge in [-0.15, -0.1) is 11.3 Å². The highest BCUT2D eigenvalue weighted by atomic mass is 79.9. The Balaban J connectivity index is 2.20. The Bertz CT molecular complexity index is 225. The second-order valence-electron chi connectivity index (χ2n) is 2.24. The number of hydrogen-bond donors (Lipinski definition) is 0. The van der Waals surface area contributed by atoms with E-state index in [0.717, 1.165) is 4.47 Å². The van der Waals surface area contributed by atoms with Crippen LogP contribution in [0, 0.1) is 0 Å². The molecule has 4 heteroatoms. The van der Waals surface area contributed by atoms with Crippen LogP contribution in [0.4, 0.5) is 0 Å². The third kappa shape index (κ3) is 3.23. The van der Waals surface area contributed by atoms with Crippen molar-refractivity contribution in [3.8, 4) is 0 Å². The summed E-state index contributed by atoms with van der Waals surface area (Å²) in [6.45, 7) is 1.98. The van der Waals surface area contributed by atoms with Gasteiger partial charge in [0.1, 0.15) is 0 Å². The summed E-state index contributed by atoms with van der Waals surface area (Å²) in [4.78, 5) is 1.23. The van der Waals surface area contributed by atoms with E-state index < -0.39 is 0 Å². The van der Waals surface area contributed by atoms with Crippen LogP contribution >= 0.6 is 27.3 Å². The zero-order chi connectivity index (χ0) is 8.81. The van der Waals surface area contributed by atoms with Crippen molar-refractivity contribution in [2.45, 2.75) is 6.61 Å². The third-order valence-electron chi connectivity index (χ3n) is 1.36. The number of halogens is 1. The average Bonchev–Trinajstić information content (AvgIpc) is 2.46. The molecule has 0 unspecified atom stereocenters. The predicted molar refractivity (Wildman–Crippen MR) is 53.6 cm³/mol. The zero-order valence-electron chi connectivity index (χ0n) is 6.88. The van der Waals surface area contributed by atoms with Crippen LogP contribution in [-0.2, 0) is 16.1 Å². The lowest BCUT2D eigenvalue weighted by Gasteiger charge is -2.01. The van der Waals surface area contributed by atoms with Gasteiger partial charge in [-0.3, -0.25) is 0 Å². The molecule has 0 aliphatic carbocycles. The summed E-state index contributed by atoms with van der Waals surface area (Å²) in [5.41, 5.74) is 0. The van der Waals surface area contributed by atoms with E-state index in [9.17, 15) is 0 Å². The van der Waals surface area contributed by atoms with Crippen molar-refractivity contribution >= 4 is 27.3 Å². The highest BCUT2D eigenvalue weighted by Crippen LogP contribution is 2.22. The number of ether oxygens (including phenoxy) is 2. The van der Waals surface area contributed by atoms with Crippen molar-refractivity contribution in [2.75, 3.05) is 20.3 Å². The smallest absolute Gasteiger partial charge is 0.0821 e. The monoisotopic (exact) mass is 250 g/mol. The van der Waals surface area contributed by atoms with Gasteiger partial charge in [0.05, 0.1) is 19.8 Å². The van der Waals surface area contributed by atoms with E-state index in [4.69, 9.17) is 9.47 Å². The average molecular weight is 251 g/mol. The summed E-state index contributed by atoms with van der Waals surface area (Å²) >= 11 is 5.13. The Kier molecular flexibility index (Phi) is 4.83. The fraction of sp³-hybridized carbons (Fsp3) is 0.500. The van der Waals surface area contributed by atoms with Crippen molar-refractivity contribution in [2.24, 2.45) is 0 Å². The van der Waals surface area contributed by atoms with E-state index in [-0.39, 0.29) is 0 Å². The molecule has 0 spiro atoms. The van der Waals surface area contributed by atoms with E-state index in [1.807, 2.05) is 11.4 Å². The molecule has 2 nitrogen and oxygen atoms in total. The summed E-state index contributed by atoms with van der Waals surface area (Å²) in [6.07, 6.45) is 0. The van der Waals surface area contributed by atoms with Gasteiger partial charge < -0.3 is 9.47 Å². The van der Waals surface area contributed by atoms with Gasteiger partial charge in [-0.05, 0) is 27.4 Å². The Hall–Kier alpha value is 0.100. The van der Waals surface area contributed by atoms with Gasteiger partial charge in [-0.25, -0.2) is 0 Å². The highest BCUT2D eigenvalue weighted by molar-refractivity contribution is 9.10. The van der Waals surface area contributed by atoms with Gasteiger partial charge in [-0.1, -0.05) is 0 Å². The van der Waals surface area contributed by atoms with Gasteiger partial charge in [0.15, 0.2) is 0 Å². The quantitative estimate of drug-likeness (QED) is 0.749. The van der Waals surface area contributed by atoms with E-state index in [1.54, 1.807) is 18.4 Å². The Morgan fingerprint density at radius 2 is 2.33 bits per heavy atom. The molecular weight excluding hydrogens is 240 g/mol. The molecular formula is C8H11BrO2S. The second-order valence-corrected chi connectivity index (χ2v) is 4.09. The summed E-state index contributed by atoms with van der Waals surface area (Å²) in [5, 5.41) is 2.04. The zero-order valence-corrected chi connectivity index (χ0v) is 9.28. The van der Waals surface area contributed by atoms with Gasteiger partial charge in [0, 0.05) is 16.5 Å². The van der Waals surface area contributed by atoms with Crippen molar-refractivity contribution < 1.29 is 9.47 Å². The van der Waals surface area contributed by atoms with Crippen molar-refractivity contribution in [3.63, 3.8) is 0 Å². The Labute approximate surface area is 84.6 Å². The topological polar surface area (TPSA) is 18.5 Å². The van der Waals surface area contributed by atoms with Gasteiger partial charge in [0.25, 0.3) is 0 Å². The minimum atomic E-state index is 0.654. The molecule has 0 saturated heterocycles. The van der Waals surface area contributed by atoms with Crippen molar-refractivity contribution in [3.05, 3.63) is 20.8 Å². The lowest BCUT2D eigenvalue weighted by atomic mass is 10.5. The SMILES string of the molecule is COCCOCc1sccc1Br. The molecule has 0 radical (unpaired) electrons. The maximum Gasteiger partial charge on any atom is 0.0821 e. The molecule has 0 aliphatic heterocycles. The number of methoxy groups -OCH3 is 1. The van der Waals surface area contributed by atoms with Crippen LogP contribution in [0.1, 0.15) is 4.88 Å². The standard InChI is InChI=1S/C8H11BrO2S/c1-10-3-4-11-6-8-7(9)2-5-12-8/h2,5H,3-4,6H2,1H3. The minimum Gasteiger partial charge on any atom is -0.382 e. The summed E-state index contributed by atoms with van der Waals surface area (Å²) in [7, 11) is 1.67. The van der Waals surface area contributed by atoms with Gasteiger partial charge in [0.2, 0.25) is 0 Å². The number of rotatable bonds is 5. The molecule has 0 aliphatic rings. The first-order valence-corrected chi connectivity index (χ1v) is 5.30. The minimum absolute atomic E-state index is 0.654. The third-order valence-corrected chi connectivity index (χ3v) is 3.26. The lowest BCUT2D eigenvalue weighted by Crippen LogP contribution is -2.00. The van der Waals surface area contributed by atoms with Crippen LogP contribution in [0.5, 0.6) is 0 Å². The molecule has 0 fully saturated rings.